The number of amides is 3. The van der Waals surface area contributed by atoms with E-state index in [9.17, 15) is 9.59 Å². The molecule has 1 aliphatic rings. The van der Waals surface area contributed by atoms with Gasteiger partial charge >= 0.3 is 6.03 Å². The Balaban J connectivity index is 1.49. The van der Waals surface area contributed by atoms with Crippen molar-refractivity contribution in [2.75, 3.05) is 18.4 Å². The molecule has 6 nitrogen and oxygen atoms in total. The van der Waals surface area contributed by atoms with Gasteiger partial charge in [0.2, 0.25) is 0 Å². The van der Waals surface area contributed by atoms with Gasteiger partial charge < -0.3 is 10.2 Å². The topological polar surface area (TPSA) is 74.3 Å². The monoisotopic (exact) mass is 344 g/mol. The van der Waals surface area contributed by atoms with Crippen molar-refractivity contribution in [1.82, 2.24) is 15.2 Å². The van der Waals surface area contributed by atoms with E-state index in [-0.39, 0.29) is 18.0 Å². The van der Waals surface area contributed by atoms with E-state index in [1.165, 1.54) is 11.3 Å². The van der Waals surface area contributed by atoms with Crippen LogP contribution in [-0.2, 0) is 0 Å². The first-order valence-electron chi connectivity index (χ1n) is 7.95. The minimum Gasteiger partial charge on any atom is -0.348 e. The number of nitrogens with one attached hydrogen (secondary N) is 2. The van der Waals surface area contributed by atoms with Crippen molar-refractivity contribution in [3.63, 3.8) is 0 Å². The number of piperidine rings is 1. The second-order valence-electron chi connectivity index (χ2n) is 5.81. The molecule has 0 aromatic carbocycles. The van der Waals surface area contributed by atoms with E-state index in [1.807, 2.05) is 36.6 Å². The summed E-state index contributed by atoms with van der Waals surface area (Å²) in [6.45, 7) is 3.15. The predicted molar refractivity (Wildman–Crippen MR) is 94.4 cm³/mol. The lowest BCUT2D eigenvalue weighted by molar-refractivity contribution is 0.0923. The number of rotatable bonds is 3. The Labute approximate surface area is 144 Å². The SMILES string of the molecule is Cc1cccnc1NC(=O)N1CCC(NC(=O)c2cccs2)CC1. The third-order valence-corrected chi connectivity index (χ3v) is 4.97. The zero-order valence-corrected chi connectivity index (χ0v) is 14.3. The minimum atomic E-state index is -0.139. The molecule has 2 aromatic heterocycles. The van der Waals surface area contributed by atoms with Crippen LogP contribution in [-0.4, -0.2) is 41.0 Å². The highest BCUT2D eigenvalue weighted by Crippen LogP contribution is 2.15. The van der Waals surface area contributed by atoms with Gasteiger partial charge in [-0.15, -0.1) is 11.3 Å². The lowest BCUT2D eigenvalue weighted by Crippen LogP contribution is -2.47. The maximum absolute atomic E-state index is 12.3. The molecule has 0 atom stereocenters. The van der Waals surface area contributed by atoms with E-state index in [0.717, 1.165) is 23.3 Å². The van der Waals surface area contributed by atoms with Crippen LogP contribution in [0.3, 0.4) is 0 Å². The van der Waals surface area contributed by atoms with Crippen LogP contribution in [0.4, 0.5) is 10.6 Å². The van der Waals surface area contributed by atoms with E-state index in [1.54, 1.807) is 11.1 Å². The number of nitrogens with zero attached hydrogens (tertiary/aromatic N) is 2. The lowest BCUT2D eigenvalue weighted by Gasteiger charge is -2.32. The predicted octanol–water partition coefficient (Wildman–Crippen LogP) is 2.88. The molecule has 1 aliphatic heterocycles. The van der Waals surface area contributed by atoms with Crippen LogP contribution in [0.15, 0.2) is 35.8 Å². The number of aromatic nitrogens is 1. The Hall–Kier alpha value is -2.41. The molecule has 0 aliphatic carbocycles. The molecule has 2 aromatic rings. The highest BCUT2D eigenvalue weighted by atomic mass is 32.1. The summed E-state index contributed by atoms with van der Waals surface area (Å²) >= 11 is 1.43. The van der Waals surface area contributed by atoms with Crippen LogP contribution in [0.1, 0.15) is 28.1 Å². The van der Waals surface area contributed by atoms with E-state index < -0.39 is 0 Å². The fourth-order valence-electron chi connectivity index (χ4n) is 2.69. The quantitative estimate of drug-likeness (QED) is 0.899. The summed E-state index contributed by atoms with van der Waals surface area (Å²) in [6, 6.07) is 7.41. The third-order valence-electron chi connectivity index (χ3n) is 4.10. The summed E-state index contributed by atoms with van der Waals surface area (Å²) in [5.41, 5.74) is 0.934. The number of urea groups is 1. The van der Waals surface area contributed by atoms with Crippen LogP contribution in [0.25, 0.3) is 0 Å². The van der Waals surface area contributed by atoms with Crippen LogP contribution in [0.5, 0.6) is 0 Å². The van der Waals surface area contributed by atoms with Crippen molar-refractivity contribution < 1.29 is 9.59 Å². The second-order valence-corrected chi connectivity index (χ2v) is 6.76. The first-order chi connectivity index (χ1) is 11.6. The molecule has 1 saturated heterocycles. The van der Waals surface area contributed by atoms with Crippen LogP contribution >= 0.6 is 11.3 Å². The van der Waals surface area contributed by atoms with E-state index in [2.05, 4.69) is 15.6 Å². The zero-order chi connectivity index (χ0) is 16.9. The fraction of sp³-hybridized carbons (Fsp3) is 0.353. The second kappa shape index (κ2) is 7.44. The van der Waals surface area contributed by atoms with Gasteiger partial charge in [-0.25, -0.2) is 9.78 Å². The molecule has 7 heteroatoms. The number of aryl methyl sites for hydroxylation is 1. The molecule has 1 fully saturated rings. The normalized spacial score (nSPS) is 15.1. The van der Waals surface area contributed by atoms with Crippen molar-refractivity contribution in [2.45, 2.75) is 25.8 Å². The van der Waals surface area contributed by atoms with Crippen LogP contribution in [0, 0.1) is 6.92 Å². The molecule has 24 heavy (non-hydrogen) atoms. The van der Waals surface area contributed by atoms with Gasteiger partial charge in [0.25, 0.3) is 5.91 Å². The summed E-state index contributed by atoms with van der Waals surface area (Å²) in [5, 5.41) is 7.78. The molecule has 126 valence electrons. The molecular formula is C17H20N4O2S. The Bertz CT molecular complexity index is 709. The summed E-state index contributed by atoms with van der Waals surface area (Å²) in [5.74, 6) is 0.563. The Morgan fingerprint density at radius 3 is 2.71 bits per heavy atom. The van der Waals surface area contributed by atoms with E-state index in [4.69, 9.17) is 0 Å². The maximum Gasteiger partial charge on any atom is 0.323 e. The van der Waals surface area contributed by atoms with Gasteiger partial charge in [0.1, 0.15) is 5.82 Å². The van der Waals surface area contributed by atoms with Gasteiger partial charge in [-0.2, -0.15) is 0 Å². The molecule has 0 unspecified atom stereocenters. The first kappa shape index (κ1) is 16.4. The number of hydrogen-bond donors (Lipinski definition) is 2. The Kier molecular flexibility index (Phi) is 5.10. The van der Waals surface area contributed by atoms with Crippen LogP contribution in [0.2, 0.25) is 0 Å². The van der Waals surface area contributed by atoms with Gasteiger partial charge in [-0.1, -0.05) is 12.1 Å². The summed E-state index contributed by atoms with van der Waals surface area (Å²) in [4.78, 5) is 31.1. The molecule has 3 heterocycles. The largest absolute Gasteiger partial charge is 0.348 e. The van der Waals surface area contributed by atoms with Gasteiger partial charge in [-0.3, -0.25) is 10.1 Å². The van der Waals surface area contributed by atoms with Gasteiger partial charge in [0.15, 0.2) is 0 Å². The molecule has 0 radical (unpaired) electrons. The molecule has 2 N–H and O–H groups in total. The summed E-state index contributed by atoms with van der Waals surface area (Å²) < 4.78 is 0. The average Bonchev–Trinajstić information content (AvgIpc) is 3.12. The summed E-state index contributed by atoms with van der Waals surface area (Å²) in [6.07, 6.45) is 3.17. The number of carbonyl (C=O) groups excluding carboxylic acids is 2. The maximum atomic E-state index is 12.3. The number of hydrogen-bond acceptors (Lipinski definition) is 4. The Morgan fingerprint density at radius 1 is 1.25 bits per heavy atom. The van der Waals surface area contributed by atoms with Crippen molar-refractivity contribution >= 4 is 29.1 Å². The van der Waals surface area contributed by atoms with Gasteiger partial charge in [0, 0.05) is 25.3 Å². The van der Waals surface area contributed by atoms with E-state index >= 15 is 0 Å². The minimum absolute atomic E-state index is 0.0305. The lowest BCUT2D eigenvalue weighted by atomic mass is 10.1. The highest BCUT2D eigenvalue weighted by molar-refractivity contribution is 7.12. The molecule has 3 rings (SSSR count). The number of carbonyl (C=O) groups is 2. The van der Waals surface area contributed by atoms with E-state index in [0.29, 0.717) is 18.9 Å². The van der Waals surface area contributed by atoms with Crippen molar-refractivity contribution in [3.8, 4) is 0 Å². The number of thiophene rings is 1. The fourth-order valence-corrected chi connectivity index (χ4v) is 3.31. The zero-order valence-electron chi connectivity index (χ0n) is 13.5. The highest BCUT2D eigenvalue weighted by Gasteiger charge is 2.24. The number of likely N-dealkylation sites (tertiary alicyclic amines) is 1. The first-order valence-corrected chi connectivity index (χ1v) is 8.83. The van der Waals surface area contributed by atoms with Crippen molar-refractivity contribution in [3.05, 3.63) is 46.3 Å². The van der Waals surface area contributed by atoms with Gasteiger partial charge in [0.05, 0.1) is 4.88 Å². The molecule has 0 saturated carbocycles. The molecular weight excluding hydrogens is 324 g/mol. The molecule has 0 bridgehead atoms. The third kappa shape index (κ3) is 3.91. The molecule has 3 amide bonds. The molecule has 0 spiro atoms. The number of pyridine rings is 1. The smallest absolute Gasteiger partial charge is 0.323 e. The Morgan fingerprint density at radius 2 is 2.04 bits per heavy atom. The van der Waals surface area contributed by atoms with Crippen molar-refractivity contribution in [2.24, 2.45) is 0 Å². The van der Waals surface area contributed by atoms with Gasteiger partial charge in [-0.05, 0) is 42.8 Å². The summed E-state index contributed by atoms with van der Waals surface area (Å²) in [7, 11) is 0. The van der Waals surface area contributed by atoms with Crippen LogP contribution < -0.4 is 10.6 Å². The average molecular weight is 344 g/mol. The standard InChI is InChI=1S/C17H20N4O2S/c1-12-4-2-8-18-15(12)20-17(23)21-9-6-13(7-10-21)19-16(22)14-5-3-11-24-14/h2-5,8,11,13H,6-7,9-10H2,1H3,(H,19,22)(H,18,20,23). The number of anilines is 1. The van der Waals surface area contributed by atoms with Crippen molar-refractivity contribution in [1.29, 1.82) is 0 Å².